The number of alkyl halides is 3. The van der Waals surface area contributed by atoms with E-state index in [1.807, 2.05) is 0 Å². The van der Waals surface area contributed by atoms with Crippen molar-refractivity contribution in [2.24, 2.45) is 0 Å². The summed E-state index contributed by atoms with van der Waals surface area (Å²) in [6.45, 7) is 4.76. The maximum atomic E-state index is 12.9. The van der Waals surface area contributed by atoms with Crippen LogP contribution in [-0.4, -0.2) is 55.1 Å². The van der Waals surface area contributed by atoms with Crippen molar-refractivity contribution in [1.29, 1.82) is 0 Å². The van der Waals surface area contributed by atoms with Crippen LogP contribution in [0.1, 0.15) is 17.2 Å². The highest BCUT2D eigenvalue weighted by molar-refractivity contribution is 6.01. The summed E-state index contributed by atoms with van der Waals surface area (Å²) in [5, 5.41) is 2.73. The Morgan fingerprint density at radius 3 is 2.54 bits per heavy atom. The van der Waals surface area contributed by atoms with Crippen LogP contribution < -0.4 is 5.32 Å². The van der Waals surface area contributed by atoms with Gasteiger partial charge in [-0.05, 0) is 17.7 Å². The molecule has 0 aromatic heterocycles. The van der Waals surface area contributed by atoms with Crippen LogP contribution in [0.5, 0.6) is 0 Å². The second kappa shape index (κ2) is 7.67. The van der Waals surface area contributed by atoms with Crippen molar-refractivity contribution in [2.75, 3.05) is 33.4 Å². The van der Waals surface area contributed by atoms with Crippen LogP contribution in [0, 0.1) is 0 Å². The van der Waals surface area contributed by atoms with E-state index >= 15 is 0 Å². The molecule has 1 unspecified atom stereocenters. The first-order valence-electron chi connectivity index (χ1n) is 8.65. The molecule has 28 heavy (non-hydrogen) atoms. The van der Waals surface area contributed by atoms with Gasteiger partial charge >= 0.3 is 12.2 Å². The summed E-state index contributed by atoms with van der Waals surface area (Å²) in [7, 11) is 1.52. The lowest BCUT2D eigenvalue weighted by atomic mass is 9.94. The van der Waals surface area contributed by atoms with E-state index in [2.05, 4.69) is 11.9 Å². The lowest BCUT2D eigenvalue weighted by molar-refractivity contribution is -0.137. The van der Waals surface area contributed by atoms with Gasteiger partial charge < -0.3 is 15.0 Å². The van der Waals surface area contributed by atoms with Crippen molar-refractivity contribution < 1.29 is 27.5 Å². The maximum absolute atomic E-state index is 12.9. The summed E-state index contributed by atoms with van der Waals surface area (Å²) in [4.78, 5) is 28.5. The normalized spacial score (nSPS) is 19.8. The Labute approximate surface area is 160 Å². The highest BCUT2D eigenvalue weighted by Crippen LogP contribution is 2.37. The fraction of sp³-hybridized carbons (Fsp3) is 0.368. The molecule has 9 heteroatoms. The van der Waals surface area contributed by atoms with Crippen LogP contribution in [0.25, 0.3) is 0 Å². The van der Waals surface area contributed by atoms with Crippen molar-refractivity contribution in [2.45, 2.75) is 12.2 Å². The van der Waals surface area contributed by atoms with E-state index < -0.39 is 23.8 Å². The lowest BCUT2D eigenvalue weighted by Gasteiger charge is -2.33. The third-order valence-electron chi connectivity index (χ3n) is 4.74. The average molecular weight is 395 g/mol. The molecule has 0 spiro atoms. The first kappa shape index (κ1) is 19.9. The lowest BCUT2D eigenvalue weighted by Crippen LogP contribution is -2.47. The zero-order chi connectivity index (χ0) is 20.5. The molecule has 3 rings (SSSR count). The van der Waals surface area contributed by atoms with Crippen LogP contribution in [0.4, 0.5) is 18.0 Å². The molecule has 0 saturated carbocycles. The molecule has 150 valence electrons. The number of nitrogens with one attached hydrogen (secondary N) is 1. The van der Waals surface area contributed by atoms with Gasteiger partial charge in [0, 0.05) is 20.2 Å². The summed E-state index contributed by atoms with van der Waals surface area (Å²) in [6.07, 6.45) is -2.91. The molecule has 0 aliphatic carbocycles. The number of hydrogen-bond donors (Lipinski definition) is 1. The Morgan fingerprint density at radius 1 is 1.29 bits per heavy atom. The molecule has 2 aliphatic rings. The van der Waals surface area contributed by atoms with Gasteiger partial charge in [0.05, 0.1) is 36.0 Å². The van der Waals surface area contributed by atoms with Crippen molar-refractivity contribution in [3.63, 3.8) is 0 Å². The van der Waals surface area contributed by atoms with Gasteiger partial charge in [-0.25, -0.2) is 4.79 Å². The predicted molar refractivity (Wildman–Crippen MR) is 95.1 cm³/mol. The summed E-state index contributed by atoms with van der Waals surface area (Å²) in [5.41, 5.74) is 0.515. The zero-order valence-electron chi connectivity index (χ0n) is 15.3. The van der Waals surface area contributed by atoms with E-state index in [4.69, 9.17) is 4.74 Å². The first-order chi connectivity index (χ1) is 13.3. The number of ether oxygens (including phenoxy) is 1. The van der Waals surface area contributed by atoms with Crippen molar-refractivity contribution in [3.05, 3.63) is 59.3 Å². The van der Waals surface area contributed by atoms with Gasteiger partial charge in [-0.15, -0.1) is 6.58 Å². The van der Waals surface area contributed by atoms with Crippen LogP contribution >= 0.6 is 0 Å². The number of methoxy groups -OCH3 is 1. The Kier molecular flexibility index (Phi) is 5.46. The number of amides is 3. The van der Waals surface area contributed by atoms with Gasteiger partial charge in [0.15, 0.2) is 0 Å². The van der Waals surface area contributed by atoms with Crippen molar-refractivity contribution in [1.82, 2.24) is 15.1 Å². The quantitative estimate of drug-likeness (QED) is 0.754. The largest absolute Gasteiger partial charge is 0.416 e. The van der Waals surface area contributed by atoms with Gasteiger partial charge in [-0.1, -0.05) is 18.2 Å². The number of halogens is 3. The van der Waals surface area contributed by atoms with Gasteiger partial charge in [0.1, 0.15) is 0 Å². The molecule has 0 fully saturated rings. The number of urea groups is 1. The number of carbonyl (C=O) groups excluding carboxylic acids is 2. The molecule has 1 aromatic carbocycles. The highest BCUT2D eigenvalue weighted by atomic mass is 19.4. The topological polar surface area (TPSA) is 61.9 Å². The minimum absolute atomic E-state index is 0.218. The van der Waals surface area contributed by atoms with E-state index in [9.17, 15) is 22.8 Å². The molecule has 0 radical (unpaired) electrons. The summed E-state index contributed by atoms with van der Waals surface area (Å²) in [5.74, 6) is -0.272. The van der Waals surface area contributed by atoms with E-state index in [1.54, 1.807) is 11.0 Å². The highest BCUT2D eigenvalue weighted by Gasteiger charge is 2.43. The average Bonchev–Trinajstić information content (AvgIpc) is 2.98. The molecule has 0 bridgehead atoms. The second-order valence-corrected chi connectivity index (χ2v) is 6.48. The zero-order valence-corrected chi connectivity index (χ0v) is 15.3. The number of carbonyl (C=O) groups is 2. The summed E-state index contributed by atoms with van der Waals surface area (Å²) < 4.78 is 43.5. The van der Waals surface area contributed by atoms with Gasteiger partial charge in [0.25, 0.3) is 5.91 Å². The predicted octanol–water partition coefficient (Wildman–Crippen LogP) is 2.70. The summed E-state index contributed by atoms with van der Waals surface area (Å²) >= 11 is 0. The Bertz CT molecular complexity index is 818. The van der Waals surface area contributed by atoms with Crippen molar-refractivity contribution in [3.8, 4) is 0 Å². The van der Waals surface area contributed by atoms with E-state index in [-0.39, 0.29) is 19.0 Å². The first-order valence-corrected chi connectivity index (χ1v) is 8.65. The molecule has 1 atom stereocenters. The second-order valence-electron chi connectivity index (χ2n) is 6.48. The Morgan fingerprint density at radius 2 is 1.96 bits per heavy atom. The van der Waals surface area contributed by atoms with Crippen molar-refractivity contribution >= 4 is 11.9 Å². The molecular formula is C19H20F3N3O3. The Hall–Kier alpha value is -2.81. The minimum atomic E-state index is -4.46. The molecule has 0 saturated heterocycles. The maximum Gasteiger partial charge on any atom is 0.416 e. The molecule has 1 aromatic rings. The van der Waals surface area contributed by atoms with E-state index in [0.29, 0.717) is 30.0 Å². The molecule has 2 heterocycles. The SMILES string of the molecule is C=CCN1C(=O)NC(c2ccc(C(F)(F)F)cc2)C2=C1CN(CCOC)C2=O. The number of nitrogens with zero attached hydrogens (tertiary/aromatic N) is 2. The molecule has 6 nitrogen and oxygen atoms in total. The van der Waals surface area contributed by atoms with Gasteiger partial charge in [-0.2, -0.15) is 13.2 Å². The standard InChI is InChI=1S/C19H20F3N3O3/c1-3-8-25-14-11-24(9-10-28-2)17(26)15(14)16(23-18(25)27)12-4-6-13(7-5-12)19(20,21)22/h3-7,16H,1,8-11H2,2H3,(H,23,27). The van der Waals surface area contributed by atoms with Crippen LogP contribution in [0.15, 0.2) is 48.2 Å². The minimum Gasteiger partial charge on any atom is -0.383 e. The molecule has 2 aliphatic heterocycles. The van der Waals surface area contributed by atoms with E-state index in [1.165, 1.54) is 24.1 Å². The van der Waals surface area contributed by atoms with Crippen LogP contribution in [0.2, 0.25) is 0 Å². The monoisotopic (exact) mass is 395 g/mol. The van der Waals surface area contributed by atoms with Crippen LogP contribution in [0.3, 0.4) is 0 Å². The van der Waals surface area contributed by atoms with Gasteiger partial charge in [0.2, 0.25) is 0 Å². The van der Waals surface area contributed by atoms with Crippen LogP contribution in [-0.2, 0) is 15.7 Å². The van der Waals surface area contributed by atoms with Gasteiger partial charge in [-0.3, -0.25) is 9.69 Å². The smallest absolute Gasteiger partial charge is 0.383 e. The number of hydrogen-bond acceptors (Lipinski definition) is 3. The third kappa shape index (κ3) is 3.62. The fourth-order valence-electron chi connectivity index (χ4n) is 3.37. The molecule has 3 amide bonds. The third-order valence-corrected chi connectivity index (χ3v) is 4.74. The summed E-state index contributed by atoms with van der Waals surface area (Å²) in [6, 6.07) is 3.22. The van der Waals surface area contributed by atoms with E-state index in [0.717, 1.165) is 12.1 Å². The Balaban J connectivity index is 1.98. The molecule has 1 N–H and O–H groups in total. The molecular weight excluding hydrogens is 375 g/mol. The number of rotatable bonds is 6. The fourth-order valence-corrected chi connectivity index (χ4v) is 3.37. The number of benzene rings is 1.